The highest BCUT2D eigenvalue weighted by molar-refractivity contribution is 5.94. The second-order valence-corrected chi connectivity index (χ2v) is 5.31. The van der Waals surface area contributed by atoms with Crippen molar-refractivity contribution < 1.29 is 18.7 Å². The minimum Gasteiger partial charge on any atom is -0.469 e. The Morgan fingerprint density at radius 1 is 1.38 bits per heavy atom. The molecule has 1 aromatic carbocycles. The van der Waals surface area contributed by atoms with Gasteiger partial charge in [-0.2, -0.15) is 0 Å². The molecular weight excluding hydrogens is 273 g/mol. The number of carbonyl (C=O) groups is 1. The number of benzene rings is 1. The Morgan fingerprint density at radius 2 is 2.19 bits per heavy atom. The van der Waals surface area contributed by atoms with Gasteiger partial charge in [0.2, 0.25) is 0 Å². The second kappa shape index (κ2) is 5.33. The zero-order chi connectivity index (χ0) is 14.9. The normalized spacial score (nSPS) is 20.9. The first-order valence-corrected chi connectivity index (χ1v) is 6.92. The lowest BCUT2D eigenvalue weighted by Gasteiger charge is -2.31. The minimum absolute atomic E-state index is 0.0238. The molecule has 21 heavy (non-hydrogen) atoms. The summed E-state index contributed by atoms with van der Waals surface area (Å²) >= 11 is 0. The third kappa shape index (κ3) is 2.56. The van der Waals surface area contributed by atoms with Gasteiger partial charge in [0.15, 0.2) is 0 Å². The number of fused-ring (bicyclic) bond motifs is 1. The summed E-state index contributed by atoms with van der Waals surface area (Å²) in [6.45, 7) is 0.0344. The molecule has 1 atom stereocenters. The van der Waals surface area contributed by atoms with Crippen LogP contribution in [-0.2, 0) is 12.0 Å². The van der Waals surface area contributed by atoms with Gasteiger partial charge in [-0.3, -0.25) is 4.79 Å². The number of nitrogens with one attached hydrogen (secondary N) is 1. The van der Waals surface area contributed by atoms with Crippen molar-refractivity contribution in [2.75, 3.05) is 6.54 Å². The van der Waals surface area contributed by atoms with E-state index in [1.807, 2.05) is 0 Å². The summed E-state index contributed by atoms with van der Waals surface area (Å²) in [7, 11) is 0. The van der Waals surface area contributed by atoms with Gasteiger partial charge in [-0.05, 0) is 31.0 Å². The van der Waals surface area contributed by atoms with Crippen molar-refractivity contribution in [1.82, 2.24) is 5.32 Å². The predicted molar refractivity (Wildman–Crippen MR) is 74.3 cm³/mol. The smallest absolute Gasteiger partial charge is 0.254 e. The quantitative estimate of drug-likeness (QED) is 0.912. The van der Waals surface area contributed by atoms with E-state index in [0.717, 1.165) is 18.6 Å². The maximum atomic E-state index is 13.6. The fourth-order valence-electron chi connectivity index (χ4n) is 2.78. The third-order valence-corrected chi connectivity index (χ3v) is 3.90. The first kappa shape index (κ1) is 13.8. The van der Waals surface area contributed by atoms with Crippen LogP contribution >= 0.6 is 0 Å². The van der Waals surface area contributed by atoms with Crippen molar-refractivity contribution in [3.05, 3.63) is 59.3 Å². The van der Waals surface area contributed by atoms with Crippen LogP contribution in [0.2, 0.25) is 0 Å². The van der Waals surface area contributed by atoms with Crippen molar-refractivity contribution in [1.29, 1.82) is 0 Å². The van der Waals surface area contributed by atoms with Gasteiger partial charge in [0.25, 0.3) is 5.91 Å². The first-order valence-electron chi connectivity index (χ1n) is 6.92. The van der Waals surface area contributed by atoms with Crippen molar-refractivity contribution in [2.24, 2.45) is 0 Å². The van der Waals surface area contributed by atoms with E-state index in [0.29, 0.717) is 12.0 Å². The standard InChI is InChI=1S/C16H16FNO3/c17-13-5-2-1-4-11(13)15(19)18-10-16(20)8-3-6-14-12(16)7-9-21-14/h1-2,4-5,7,9,20H,3,6,8,10H2,(H,18,19). The third-order valence-electron chi connectivity index (χ3n) is 3.90. The molecule has 5 heteroatoms. The molecule has 4 nitrogen and oxygen atoms in total. The van der Waals surface area contributed by atoms with Gasteiger partial charge < -0.3 is 14.8 Å². The molecule has 0 spiro atoms. The fourth-order valence-corrected chi connectivity index (χ4v) is 2.78. The van der Waals surface area contributed by atoms with E-state index in [4.69, 9.17) is 4.42 Å². The molecule has 3 rings (SSSR count). The summed E-state index contributed by atoms with van der Waals surface area (Å²) < 4.78 is 18.9. The molecule has 110 valence electrons. The van der Waals surface area contributed by atoms with E-state index >= 15 is 0 Å². The number of furan rings is 1. The SMILES string of the molecule is O=C(NCC1(O)CCCc2occc21)c1ccccc1F. The zero-order valence-electron chi connectivity index (χ0n) is 11.4. The average molecular weight is 289 g/mol. The molecule has 1 heterocycles. The Bertz CT molecular complexity index is 667. The van der Waals surface area contributed by atoms with Crippen LogP contribution < -0.4 is 5.32 Å². The summed E-state index contributed by atoms with van der Waals surface area (Å²) in [6, 6.07) is 7.50. The van der Waals surface area contributed by atoms with Crippen LogP contribution in [0.15, 0.2) is 41.0 Å². The molecule has 0 saturated heterocycles. The molecule has 0 radical (unpaired) electrons. The second-order valence-electron chi connectivity index (χ2n) is 5.31. The first-order chi connectivity index (χ1) is 10.1. The number of aryl methyl sites for hydroxylation is 1. The summed E-state index contributed by atoms with van der Waals surface area (Å²) in [5, 5.41) is 13.3. The largest absolute Gasteiger partial charge is 0.469 e. The molecule has 1 amide bonds. The Balaban J connectivity index is 1.74. The molecule has 0 bridgehead atoms. The Kier molecular flexibility index (Phi) is 3.51. The van der Waals surface area contributed by atoms with E-state index in [-0.39, 0.29) is 12.1 Å². The van der Waals surface area contributed by atoms with Crippen LogP contribution in [0.25, 0.3) is 0 Å². The highest BCUT2D eigenvalue weighted by Gasteiger charge is 2.36. The van der Waals surface area contributed by atoms with E-state index in [1.165, 1.54) is 18.2 Å². The lowest BCUT2D eigenvalue weighted by atomic mass is 9.83. The highest BCUT2D eigenvalue weighted by Crippen LogP contribution is 2.35. The Labute approximate surface area is 121 Å². The monoisotopic (exact) mass is 289 g/mol. The van der Waals surface area contributed by atoms with Crippen LogP contribution in [0, 0.1) is 5.82 Å². The lowest BCUT2D eigenvalue weighted by Crippen LogP contribution is -2.42. The number of aliphatic hydroxyl groups is 1. The number of amides is 1. The summed E-state index contributed by atoms with van der Waals surface area (Å²) in [6.07, 6.45) is 3.65. The maximum Gasteiger partial charge on any atom is 0.254 e. The van der Waals surface area contributed by atoms with Gasteiger partial charge in [-0.1, -0.05) is 12.1 Å². The van der Waals surface area contributed by atoms with Crippen LogP contribution in [-0.4, -0.2) is 17.6 Å². The van der Waals surface area contributed by atoms with Gasteiger partial charge >= 0.3 is 0 Å². The molecule has 0 saturated carbocycles. The molecular formula is C16H16FNO3. The summed E-state index contributed by atoms with van der Waals surface area (Å²) in [5.74, 6) is -0.351. The van der Waals surface area contributed by atoms with Gasteiger partial charge in [0.1, 0.15) is 17.2 Å². The van der Waals surface area contributed by atoms with Gasteiger partial charge in [0, 0.05) is 12.0 Å². The zero-order valence-corrected chi connectivity index (χ0v) is 11.4. The average Bonchev–Trinajstić information content (AvgIpc) is 2.96. The number of halogens is 1. The number of rotatable bonds is 3. The topological polar surface area (TPSA) is 62.5 Å². The molecule has 1 aliphatic rings. The van der Waals surface area contributed by atoms with Gasteiger partial charge in [-0.15, -0.1) is 0 Å². The molecule has 0 aliphatic heterocycles. The summed E-state index contributed by atoms with van der Waals surface area (Å²) in [5.41, 5.74) is -0.464. The number of hydrogen-bond donors (Lipinski definition) is 2. The van der Waals surface area contributed by atoms with E-state index in [1.54, 1.807) is 18.4 Å². The molecule has 1 unspecified atom stereocenters. The minimum atomic E-state index is -1.15. The van der Waals surface area contributed by atoms with Crippen molar-refractivity contribution >= 4 is 5.91 Å². The Hall–Kier alpha value is -2.14. The lowest BCUT2D eigenvalue weighted by molar-refractivity contribution is 0.0168. The molecule has 1 aliphatic carbocycles. The van der Waals surface area contributed by atoms with Crippen LogP contribution in [0.3, 0.4) is 0 Å². The van der Waals surface area contributed by atoms with Gasteiger partial charge in [0.05, 0.1) is 18.4 Å². The predicted octanol–water partition coefficient (Wildman–Crippen LogP) is 2.37. The Morgan fingerprint density at radius 3 is 3.00 bits per heavy atom. The van der Waals surface area contributed by atoms with E-state index < -0.39 is 17.3 Å². The van der Waals surface area contributed by atoms with Crippen molar-refractivity contribution in [3.8, 4) is 0 Å². The van der Waals surface area contributed by atoms with Crippen LogP contribution in [0.4, 0.5) is 4.39 Å². The molecule has 1 aromatic heterocycles. The number of hydrogen-bond acceptors (Lipinski definition) is 3. The van der Waals surface area contributed by atoms with Gasteiger partial charge in [-0.25, -0.2) is 4.39 Å². The van der Waals surface area contributed by atoms with Crippen molar-refractivity contribution in [2.45, 2.75) is 24.9 Å². The highest BCUT2D eigenvalue weighted by atomic mass is 19.1. The number of carbonyl (C=O) groups excluding carboxylic acids is 1. The summed E-state index contributed by atoms with van der Waals surface area (Å²) in [4.78, 5) is 12.0. The van der Waals surface area contributed by atoms with Crippen LogP contribution in [0.5, 0.6) is 0 Å². The molecule has 2 aromatic rings. The molecule has 0 fully saturated rings. The molecule has 2 N–H and O–H groups in total. The van der Waals surface area contributed by atoms with E-state index in [9.17, 15) is 14.3 Å². The fraction of sp³-hybridized carbons (Fsp3) is 0.312. The van der Waals surface area contributed by atoms with E-state index in [2.05, 4.69) is 5.32 Å². The van der Waals surface area contributed by atoms with Crippen LogP contribution in [0.1, 0.15) is 34.5 Å². The maximum absolute atomic E-state index is 13.6. The van der Waals surface area contributed by atoms with Crippen molar-refractivity contribution in [3.63, 3.8) is 0 Å².